The van der Waals surface area contributed by atoms with Crippen LogP contribution in [0.15, 0.2) is 0 Å². The summed E-state index contributed by atoms with van der Waals surface area (Å²) in [5.74, 6) is 2.79. The fraction of sp³-hybridized carbons (Fsp3) is 1.00. The Bertz CT molecular complexity index is 153. The lowest BCUT2D eigenvalue weighted by Gasteiger charge is -2.26. The van der Waals surface area contributed by atoms with Gasteiger partial charge in [0.15, 0.2) is 0 Å². The summed E-state index contributed by atoms with van der Waals surface area (Å²) in [4.78, 5) is 0. The smallest absolute Gasteiger partial charge is 0.0257 e. The van der Waals surface area contributed by atoms with Crippen molar-refractivity contribution in [1.29, 1.82) is 0 Å². The van der Waals surface area contributed by atoms with Gasteiger partial charge in [0, 0.05) is 12.1 Å². The molecule has 0 aromatic rings. The molecule has 1 nitrogen and oxygen atoms in total. The number of fused-ring (bicyclic) bond motifs is 1. The predicted molar refractivity (Wildman–Crippen MR) is 47.4 cm³/mol. The number of nitrogens with one attached hydrogen (secondary N) is 1. The second kappa shape index (κ2) is 2.48. The van der Waals surface area contributed by atoms with Crippen molar-refractivity contribution in [1.82, 2.24) is 5.32 Å². The van der Waals surface area contributed by atoms with E-state index in [2.05, 4.69) is 26.1 Å². The number of hydrogen-bond acceptors (Lipinski definition) is 1. The van der Waals surface area contributed by atoms with Crippen LogP contribution < -0.4 is 5.32 Å². The van der Waals surface area contributed by atoms with Gasteiger partial charge in [-0.05, 0) is 30.6 Å². The first-order chi connectivity index (χ1) is 5.20. The zero-order valence-electron chi connectivity index (χ0n) is 7.80. The fourth-order valence-electron chi connectivity index (χ4n) is 2.64. The Morgan fingerprint density at radius 1 is 1.18 bits per heavy atom. The van der Waals surface area contributed by atoms with Crippen LogP contribution in [0.1, 0.15) is 33.6 Å². The first-order valence-corrected chi connectivity index (χ1v) is 4.96. The number of rotatable bonds is 1. The number of hydrogen-bond donors (Lipinski definition) is 1. The van der Waals surface area contributed by atoms with E-state index in [1.165, 1.54) is 12.8 Å². The van der Waals surface area contributed by atoms with Gasteiger partial charge in [0.25, 0.3) is 0 Å². The van der Waals surface area contributed by atoms with Crippen molar-refractivity contribution in [3.8, 4) is 0 Å². The van der Waals surface area contributed by atoms with Crippen molar-refractivity contribution in [2.75, 3.05) is 0 Å². The lowest BCUT2D eigenvalue weighted by atomic mass is 9.78. The molecule has 1 aliphatic heterocycles. The molecule has 4 atom stereocenters. The van der Waals surface area contributed by atoms with Crippen molar-refractivity contribution in [2.45, 2.75) is 45.7 Å². The van der Waals surface area contributed by atoms with Gasteiger partial charge in [0.2, 0.25) is 0 Å². The third-order valence-corrected chi connectivity index (χ3v) is 3.55. The molecule has 0 amide bonds. The van der Waals surface area contributed by atoms with Gasteiger partial charge in [-0.3, -0.25) is 0 Å². The van der Waals surface area contributed by atoms with Gasteiger partial charge in [0.1, 0.15) is 0 Å². The van der Waals surface area contributed by atoms with E-state index in [9.17, 15) is 0 Å². The molecular formula is C10H19N. The van der Waals surface area contributed by atoms with Crippen molar-refractivity contribution >= 4 is 0 Å². The quantitative estimate of drug-likeness (QED) is 0.572. The van der Waals surface area contributed by atoms with Crippen LogP contribution in [0, 0.1) is 17.8 Å². The molecule has 1 saturated heterocycles. The van der Waals surface area contributed by atoms with Gasteiger partial charge in [-0.15, -0.1) is 0 Å². The molecule has 1 aliphatic carbocycles. The highest BCUT2D eigenvalue weighted by molar-refractivity contribution is 5.08. The van der Waals surface area contributed by atoms with Gasteiger partial charge < -0.3 is 5.32 Å². The highest BCUT2D eigenvalue weighted by Gasteiger charge is 2.48. The molecule has 0 bridgehead atoms. The van der Waals surface area contributed by atoms with Crippen LogP contribution in [-0.2, 0) is 0 Å². The molecule has 1 N–H and O–H groups in total. The van der Waals surface area contributed by atoms with Crippen LogP contribution in [0.2, 0.25) is 0 Å². The Labute approximate surface area is 69.6 Å². The monoisotopic (exact) mass is 153 g/mol. The first kappa shape index (κ1) is 7.60. The average molecular weight is 153 g/mol. The summed E-state index contributed by atoms with van der Waals surface area (Å²) in [6.07, 6.45) is 2.89. The maximum absolute atomic E-state index is 3.61. The zero-order chi connectivity index (χ0) is 8.01. The Morgan fingerprint density at radius 2 is 1.91 bits per heavy atom. The summed E-state index contributed by atoms with van der Waals surface area (Å²) in [7, 11) is 0. The normalized spacial score (nSPS) is 49.1. The minimum Gasteiger partial charge on any atom is -0.308 e. The molecule has 0 radical (unpaired) electrons. The standard InChI is InChI=1S/C10H19N/c1-6(2)8-5-4-7(3)9-10(8)11-9/h6-11H,4-5H2,1-3H3/t7-,8+,9+,10-/m1/s1. The summed E-state index contributed by atoms with van der Waals surface area (Å²) < 4.78 is 0. The maximum atomic E-state index is 3.61. The molecule has 64 valence electrons. The summed E-state index contributed by atoms with van der Waals surface area (Å²) in [6, 6.07) is 1.77. The van der Waals surface area contributed by atoms with E-state index >= 15 is 0 Å². The topological polar surface area (TPSA) is 21.9 Å². The molecule has 1 heterocycles. The van der Waals surface area contributed by atoms with Crippen molar-refractivity contribution in [2.24, 2.45) is 17.8 Å². The molecule has 2 rings (SSSR count). The lowest BCUT2D eigenvalue weighted by molar-refractivity contribution is 0.276. The van der Waals surface area contributed by atoms with Crippen LogP contribution in [0.4, 0.5) is 0 Å². The molecule has 1 saturated carbocycles. The van der Waals surface area contributed by atoms with Crippen molar-refractivity contribution in [3.63, 3.8) is 0 Å². The minimum atomic E-state index is 0.880. The molecule has 0 aromatic carbocycles. The largest absolute Gasteiger partial charge is 0.308 e. The van der Waals surface area contributed by atoms with Crippen LogP contribution in [0.5, 0.6) is 0 Å². The molecular weight excluding hydrogens is 134 g/mol. The van der Waals surface area contributed by atoms with Gasteiger partial charge in [-0.1, -0.05) is 20.8 Å². The molecule has 0 spiro atoms. The SMILES string of the molecule is CC(C)[C@@H]1CC[C@@H](C)[C@@H]2N[C@@H]21. The summed E-state index contributed by atoms with van der Waals surface area (Å²) in [6.45, 7) is 7.10. The van der Waals surface area contributed by atoms with Gasteiger partial charge in [0.05, 0.1) is 0 Å². The van der Waals surface area contributed by atoms with E-state index in [1.54, 1.807) is 0 Å². The third-order valence-electron chi connectivity index (χ3n) is 3.55. The van der Waals surface area contributed by atoms with Crippen molar-refractivity contribution < 1.29 is 0 Å². The Balaban J connectivity index is 1.97. The molecule has 0 aromatic heterocycles. The predicted octanol–water partition coefficient (Wildman–Crippen LogP) is 2.03. The minimum absolute atomic E-state index is 0.880. The van der Waals surface area contributed by atoms with Crippen LogP contribution in [0.3, 0.4) is 0 Å². The van der Waals surface area contributed by atoms with E-state index in [0.717, 1.165) is 29.8 Å². The fourth-order valence-corrected chi connectivity index (χ4v) is 2.64. The highest BCUT2D eigenvalue weighted by atomic mass is 15.2. The van der Waals surface area contributed by atoms with Gasteiger partial charge in [-0.2, -0.15) is 0 Å². The van der Waals surface area contributed by atoms with E-state index in [-0.39, 0.29) is 0 Å². The second-order valence-electron chi connectivity index (χ2n) is 4.68. The van der Waals surface area contributed by atoms with Gasteiger partial charge >= 0.3 is 0 Å². The average Bonchev–Trinajstić information content (AvgIpc) is 2.66. The summed E-state index contributed by atoms with van der Waals surface area (Å²) >= 11 is 0. The van der Waals surface area contributed by atoms with Crippen LogP contribution in [-0.4, -0.2) is 12.1 Å². The van der Waals surface area contributed by atoms with Crippen LogP contribution in [0.25, 0.3) is 0 Å². The maximum Gasteiger partial charge on any atom is 0.0257 e. The summed E-state index contributed by atoms with van der Waals surface area (Å²) in [5.41, 5.74) is 0. The molecule has 11 heavy (non-hydrogen) atoms. The molecule has 1 heteroatoms. The Kier molecular flexibility index (Phi) is 1.71. The Morgan fingerprint density at radius 3 is 2.55 bits per heavy atom. The van der Waals surface area contributed by atoms with E-state index in [0.29, 0.717) is 0 Å². The van der Waals surface area contributed by atoms with Crippen LogP contribution >= 0.6 is 0 Å². The molecule has 2 aliphatic rings. The van der Waals surface area contributed by atoms with E-state index in [4.69, 9.17) is 0 Å². The molecule has 0 unspecified atom stereocenters. The van der Waals surface area contributed by atoms with E-state index < -0.39 is 0 Å². The first-order valence-electron chi connectivity index (χ1n) is 4.96. The molecule has 2 fully saturated rings. The van der Waals surface area contributed by atoms with Crippen molar-refractivity contribution in [3.05, 3.63) is 0 Å². The summed E-state index contributed by atoms with van der Waals surface area (Å²) in [5, 5.41) is 3.61. The van der Waals surface area contributed by atoms with Gasteiger partial charge in [-0.25, -0.2) is 0 Å². The lowest BCUT2D eigenvalue weighted by Crippen LogP contribution is -2.25. The highest BCUT2D eigenvalue weighted by Crippen LogP contribution is 2.41. The van der Waals surface area contributed by atoms with E-state index in [1.807, 2.05) is 0 Å². The Hall–Kier alpha value is -0.0400. The third kappa shape index (κ3) is 1.20. The second-order valence-corrected chi connectivity index (χ2v) is 4.68. The zero-order valence-corrected chi connectivity index (χ0v) is 7.80.